The maximum atomic E-state index is 12.1. The molecule has 0 aliphatic heterocycles. The molecule has 6 nitrogen and oxygen atoms in total. The number of benzene rings is 1. The summed E-state index contributed by atoms with van der Waals surface area (Å²) in [4.78, 5) is 10.8. The first-order valence-corrected chi connectivity index (χ1v) is 8.27. The van der Waals surface area contributed by atoms with Gasteiger partial charge in [-0.2, -0.15) is 0 Å². The lowest BCUT2D eigenvalue weighted by Crippen LogP contribution is -2.21. The van der Waals surface area contributed by atoms with E-state index in [1.165, 1.54) is 24.3 Å². The van der Waals surface area contributed by atoms with E-state index in [4.69, 9.17) is 14.6 Å². The van der Waals surface area contributed by atoms with Gasteiger partial charge in [-0.05, 0) is 38.1 Å². The monoisotopic (exact) mass is 316 g/mol. The van der Waals surface area contributed by atoms with Crippen LogP contribution in [0, 0.1) is 0 Å². The molecule has 1 N–H and O–H groups in total. The van der Waals surface area contributed by atoms with Crippen molar-refractivity contribution in [3.63, 3.8) is 0 Å². The van der Waals surface area contributed by atoms with Gasteiger partial charge in [-0.25, -0.2) is 13.2 Å². The van der Waals surface area contributed by atoms with Crippen molar-refractivity contribution < 1.29 is 27.8 Å². The second-order valence-electron chi connectivity index (χ2n) is 4.49. The summed E-state index contributed by atoms with van der Waals surface area (Å²) in [6, 6.07) is 5.13. The first-order chi connectivity index (χ1) is 9.86. The van der Waals surface area contributed by atoms with E-state index in [1.807, 2.05) is 13.8 Å². The standard InChI is InChI=1S/C14H20O6S/c1-3-19-10-11(2)20-8-9-21(17,18)13-6-4-12(5-7-13)14(15)16/h4-7,11H,3,8-10H2,1-2H3,(H,15,16). The summed E-state index contributed by atoms with van der Waals surface area (Å²) >= 11 is 0. The molecule has 0 aliphatic carbocycles. The Kier molecular flexibility index (Phi) is 6.80. The van der Waals surface area contributed by atoms with E-state index in [0.29, 0.717) is 13.2 Å². The number of aromatic carboxylic acids is 1. The molecule has 1 rings (SSSR count). The highest BCUT2D eigenvalue weighted by Crippen LogP contribution is 2.13. The zero-order chi connectivity index (χ0) is 15.9. The van der Waals surface area contributed by atoms with Crippen molar-refractivity contribution in [2.24, 2.45) is 0 Å². The van der Waals surface area contributed by atoms with E-state index in [1.54, 1.807) is 0 Å². The van der Waals surface area contributed by atoms with Gasteiger partial charge in [0, 0.05) is 6.61 Å². The van der Waals surface area contributed by atoms with E-state index < -0.39 is 15.8 Å². The predicted octanol–water partition coefficient (Wildman–Crippen LogP) is 1.60. The summed E-state index contributed by atoms with van der Waals surface area (Å²) in [7, 11) is -3.48. The van der Waals surface area contributed by atoms with E-state index in [9.17, 15) is 13.2 Å². The minimum atomic E-state index is -3.48. The summed E-state index contributed by atoms with van der Waals surface area (Å²) in [5.41, 5.74) is 0.0514. The molecule has 0 bridgehead atoms. The zero-order valence-corrected chi connectivity index (χ0v) is 12.9. The molecule has 0 aromatic heterocycles. The second-order valence-corrected chi connectivity index (χ2v) is 6.60. The van der Waals surface area contributed by atoms with Gasteiger partial charge in [-0.1, -0.05) is 0 Å². The normalized spacial score (nSPS) is 13.0. The Labute approximate surface area is 124 Å². The number of carboxylic acid groups (broad SMARTS) is 1. The molecule has 118 valence electrons. The molecule has 0 spiro atoms. The lowest BCUT2D eigenvalue weighted by molar-refractivity contribution is 0.00288. The molecule has 0 radical (unpaired) electrons. The van der Waals surface area contributed by atoms with E-state index >= 15 is 0 Å². The van der Waals surface area contributed by atoms with Crippen LogP contribution in [0.4, 0.5) is 0 Å². The predicted molar refractivity (Wildman–Crippen MR) is 77.4 cm³/mol. The van der Waals surface area contributed by atoms with Gasteiger partial charge in [0.1, 0.15) is 0 Å². The van der Waals surface area contributed by atoms with Crippen LogP contribution in [0.5, 0.6) is 0 Å². The molecular weight excluding hydrogens is 296 g/mol. The Bertz CT molecular complexity index is 549. The van der Waals surface area contributed by atoms with Gasteiger partial charge < -0.3 is 14.6 Å². The number of ether oxygens (including phenoxy) is 2. The van der Waals surface area contributed by atoms with Crippen molar-refractivity contribution in [2.75, 3.05) is 25.6 Å². The minimum Gasteiger partial charge on any atom is -0.478 e. The van der Waals surface area contributed by atoms with Crippen molar-refractivity contribution in [1.29, 1.82) is 0 Å². The Balaban J connectivity index is 2.55. The molecule has 1 aromatic rings. The number of carbonyl (C=O) groups is 1. The molecular formula is C14H20O6S. The van der Waals surface area contributed by atoms with Crippen LogP contribution in [0.25, 0.3) is 0 Å². The first kappa shape index (κ1) is 17.6. The lowest BCUT2D eigenvalue weighted by atomic mass is 10.2. The van der Waals surface area contributed by atoms with E-state index in [2.05, 4.69) is 0 Å². The molecule has 0 saturated heterocycles. The average molecular weight is 316 g/mol. The highest BCUT2D eigenvalue weighted by Gasteiger charge is 2.16. The lowest BCUT2D eigenvalue weighted by Gasteiger charge is -2.13. The molecule has 0 aliphatic rings. The summed E-state index contributed by atoms with van der Waals surface area (Å²) < 4.78 is 34.6. The molecule has 1 atom stereocenters. The van der Waals surface area contributed by atoms with Crippen molar-refractivity contribution in [3.8, 4) is 0 Å². The van der Waals surface area contributed by atoms with Crippen LogP contribution < -0.4 is 0 Å². The van der Waals surface area contributed by atoms with Crippen LogP contribution in [0.15, 0.2) is 29.2 Å². The van der Waals surface area contributed by atoms with E-state index in [-0.39, 0.29) is 28.9 Å². The Morgan fingerprint density at radius 3 is 2.43 bits per heavy atom. The van der Waals surface area contributed by atoms with Crippen LogP contribution >= 0.6 is 0 Å². The molecule has 1 unspecified atom stereocenters. The zero-order valence-electron chi connectivity index (χ0n) is 12.1. The highest BCUT2D eigenvalue weighted by molar-refractivity contribution is 7.91. The van der Waals surface area contributed by atoms with Crippen molar-refractivity contribution >= 4 is 15.8 Å². The number of sulfone groups is 1. The largest absolute Gasteiger partial charge is 0.478 e. The van der Waals surface area contributed by atoms with Gasteiger partial charge in [0.25, 0.3) is 0 Å². The second kappa shape index (κ2) is 8.11. The summed E-state index contributed by atoms with van der Waals surface area (Å²) in [5, 5.41) is 8.77. The van der Waals surface area contributed by atoms with Gasteiger partial charge in [-0.3, -0.25) is 0 Å². The Hall–Kier alpha value is -1.44. The average Bonchev–Trinajstić information content (AvgIpc) is 2.45. The number of rotatable bonds is 9. The molecule has 0 saturated carbocycles. The highest BCUT2D eigenvalue weighted by atomic mass is 32.2. The van der Waals surface area contributed by atoms with Crippen LogP contribution in [0.2, 0.25) is 0 Å². The molecule has 0 amide bonds. The van der Waals surface area contributed by atoms with Crippen molar-refractivity contribution in [1.82, 2.24) is 0 Å². The molecule has 7 heteroatoms. The third kappa shape index (κ3) is 5.82. The number of carboxylic acids is 1. The maximum Gasteiger partial charge on any atom is 0.335 e. The molecule has 0 fully saturated rings. The first-order valence-electron chi connectivity index (χ1n) is 6.62. The van der Waals surface area contributed by atoms with Crippen LogP contribution in [0.1, 0.15) is 24.2 Å². The van der Waals surface area contributed by atoms with Crippen LogP contribution in [-0.4, -0.2) is 51.2 Å². The number of hydrogen-bond acceptors (Lipinski definition) is 5. The van der Waals surface area contributed by atoms with Gasteiger partial charge in [0.15, 0.2) is 9.84 Å². The summed E-state index contributed by atoms with van der Waals surface area (Å²) in [5.74, 6) is -1.25. The van der Waals surface area contributed by atoms with Gasteiger partial charge in [0.05, 0.1) is 35.5 Å². The number of hydrogen-bond donors (Lipinski definition) is 1. The quantitative estimate of drug-likeness (QED) is 0.744. The van der Waals surface area contributed by atoms with Gasteiger partial charge in [-0.15, -0.1) is 0 Å². The third-order valence-electron chi connectivity index (χ3n) is 2.77. The Morgan fingerprint density at radius 2 is 1.90 bits per heavy atom. The minimum absolute atomic E-state index is 0.0514. The fourth-order valence-corrected chi connectivity index (χ4v) is 2.72. The van der Waals surface area contributed by atoms with Crippen LogP contribution in [0.3, 0.4) is 0 Å². The molecule has 21 heavy (non-hydrogen) atoms. The van der Waals surface area contributed by atoms with Crippen LogP contribution in [-0.2, 0) is 19.3 Å². The summed E-state index contributed by atoms with van der Waals surface area (Å²) in [6.07, 6.45) is -0.172. The smallest absolute Gasteiger partial charge is 0.335 e. The molecule has 1 aromatic carbocycles. The topological polar surface area (TPSA) is 89.9 Å². The molecule has 0 heterocycles. The summed E-state index contributed by atoms with van der Waals surface area (Å²) in [6.45, 7) is 4.75. The maximum absolute atomic E-state index is 12.1. The fourth-order valence-electron chi connectivity index (χ4n) is 1.61. The fraction of sp³-hybridized carbons (Fsp3) is 0.500. The third-order valence-corrected chi connectivity index (χ3v) is 4.47. The van der Waals surface area contributed by atoms with Crippen molar-refractivity contribution in [3.05, 3.63) is 29.8 Å². The Morgan fingerprint density at radius 1 is 1.29 bits per heavy atom. The van der Waals surface area contributed by atoms with Gasteiger partial charge in [0.2, 0.25) is 0 Å². The van der Waals surface area contributed by atoms with E-state index in [0.717, 1.165) is 0 Å². The SMILES string of the molecule is CCOCC(C)OCCS(=O)(=O)c1ccc(C(=O)O)cc1. The van der Waals surface area contributed by atoms with Crippen molar-refractivity contribution in [2.45, 2.75) is 24.8 Å². The van der Waals surface area contributed by atoms with Gasteiger partial charge >= 0.3 is 5.97 Å².